The standard InChI is InChI=1S/C15H13N3O/c1-10-5-2-3-7-12(10)18-15(19)11-6-4-8-13-14(11)17-9-16-13/h2-9H,1H3,(H,16,17)(H,18,19). The molecule has 0 bridgehead atoms. The Morgan fingerprint density at radius 2 is 2.00 bits per heavy atom. The van der Waals surface area contributed by atoms with Gasteiger partial charge in [0.15, 0.2) is 0 Å². The summed E-state index contributed by atoms with van der Waals surface area (Å²) in [5.74, 6) is -0.146. The quantitative estimate of drug-likeness (QED) is 0.735. The molecular formula is C15H13N3O. The second-order valence-electron chi connectivity index (χ2n) is 4.37. The van der Waals surface area contributed by atoms with Crippen molar-refractivity contribution in [3.63, 3.8) is 0 Å². The van der Waals surface area contributed by atoms with Crippen molar-refractivity contribution in [2.45, 2.75) is 6.92 Å². The third kappa shape index (κ3) is 2.08. The fourth-order valence-corrected chi connectivity index (χ4v) is 2.05. The molecule has 1 amide bonds. The maximum absolute atomic E-state index is 12.3. The van der Waals surface area contributed by atoms with Gasteiger partial charge in [0.2, 0.25) is 0 Å². The van der Waals surface area contributed by atoms with Crippen molar-refractivity contribution in [3.8, 4) is 0 Å². The number of hydrogen-bond donors (Lipinski definition) is 2. The number of aryl methyl sites for hydroxylation is 1. The SMILES string of the molecule is Cc1ccccc1NC(=O)c1cccc2[nH]cnc12. The number of aromatic nitrogens is 2. The monoisotopic (exact) mass is 251 g/mol. The zero-order chi connectivity index (χ0) is 13.2. The van der Waals surface area contributed by atoms with Gasteiger partial charge in [0.25, 0.3) is 5.91 Å². The second kappa shape index (κ2) is 4.57. The molecule has 0 aliphatic carbocycles. The Hall–Kier alpha value is -2.62. The molecule has 0 atom stereocenters. The van der Waals surface area contributed by atoms with Crippen molar-refractivity contribution in [2.24, 2.45) is 0 Å². The average Bonchev–Trinajstić information content (AvgIpc) is 2.89. The molecule has 19 heavy (non-hydrogen) atoms. The molecule has 0 spiro atoms. The topological polar surface area (TPSA) is 57.8 Å². The molecular weight excluding hydrogens is 238 g/mol. The maximum atomic E-state index is 12.3. The Bertz CT molecular complexity index is 746. The highest BCUT2D eigenvalue weighted by Crippen LogP contribution is 2.18. The molecule has 0 unspecified atom stereocenters. The molecule has 0 aliphatic rings. The summed E-state index contributed by atoms with van der Waals surface area (Å²) in [6.45, 7) is 1.96. The van der Waals surface area contributed by atoms with Crippen molar-refractivity contribution < 1.29 is 4.79 Å². The van der Waals surface area contributed by atoms with E-state index in [2.05, 4.69) is 15.3 Å². The number of nitrogens with one attached hydrogen (secondary N) is 2. The van der Waals surface area contributed by atoms with Gasteiger partial charge in [-0.2, -0.15) is 0 Å². The van der Waals surface area contributed by atoms with Crippen LogP contribution in [0.1, 0.15) is 15.9 Å². The van der Waals surface area contributed by atoms with E-state index >= 15 is 0 Å². The number of carbonyl (C=O) groups excluding carboxylic acids is 1. The van der Waals surface area contributed by atoms with Gasteiger partial charge in [0.1, 0.15) is 5.52 Å². The third-order valence-electron chi connectivity index (χ3n) is 3.09. The normalized spacial score (nSPS) is 10.6. The van der Waals surface area contributed by atoms with E-state index in [0.29, 0.717) is 11.1 Å². The van der Waals surface area contributed by atoms with Crippen LogP contribution in [-0.4, -0.2) is 15.9 Å². The van der Waals surface area contributed by atoms with Crippen molar-refractivity contribution in [1.82, 2.24) is 9.97 Å². The highest BCUT2D eigenvalue weighted by Gasteiger charge is 2.12. The highest BCUT2D eigenvalue weighted by molar-refractivity contribution is 6.11. The summed E-state index contributed by atoms with van der Waals surface area (Å²) < 4.78 is 0. The summed E-state index contributed by atoms with van der Waals surface area (Å²) in [5.41, 5.74) is 3.97. The van der Waals surface area contributed by atoms with Crippen LogP contribution < -0.4 is 5.32 Å². The van der Waals surface area contributed by atoms with Gasteiger partial charge in [0, 0.05) is 5.69 Å². The van der Waals surface area contributed by atoms with Crippen LogP contribution in [0.3, 0.4) is 0 Å². The first-order chi connectivity index (χ1) is 9.25. The average molecular weight is 251 g/mol. The van der Waals surface area contributed by atoms with E-state index in [4.69, 9.17) is 0 Å². The number of aromatic amines is 1. The van der Waals surface area contributed by atoms with E-state index in [1.54, 1.807) is 12.4 Å². The van der Waals surface area contributed by atoms with E-state index in [1.165, 1.54) is 0 Å². The van der Waals surface area contributed by atoms with Gasteiger partial charge in [-0.1, -0.05) is 24.3 Å². The molecule has 1 aromatic heterocycles. The third-order valence-corrected chi connectivity index (χ3v) is 3.09. The molecule has 0 radical (unpaired) electrons. The van der Waals surface area contributed by atoms with Gasteiger partial charge in [-0.05, 0) is 30.7 Å². The Morgan fingerprint density at radius 3 is 2.84 bits per heavy atom. The number of fused-ring (bicyclic) bond motifs is 1. The van der Waals surface area contributed by atoms with Crippen LogP contribution in [0.5, 0.6) is 0 Å². The van der Waals surface area contributed by atoms with Crippen LogP contribution in [-0.2, 0) is 0 Å². The summed E-state index contributed by atoms with van der Waals surface area (Å²) in [5, 5.41) is 2.92. The van der Waals surface area contributed by atoms with Gasteiger partial charge in [0.05, 0.1) is 17.4 Å². The number of carbonyl (C=O) groups is 1. The van der Waals surface area contributed by atoms with Gasteiger partial charge in [-0.3, -0.25) is 4.79 Å². The molecule has 4 heteroatoms. The molecule has 0 saturated heterocycles. The summed E-state index contributed by atoms with van der Waals surface area (Å²) >= 11 is 0. The number of anilines is 1. The molecule has 3 aromatic rings. The Morgan fingerprint density at radius 1 is 1.16 bits per heavy atom. The lowest BCUT2D eigenvalue weighted by molar-refractivity contribution is 0.102. The highest BCUT2D eigenvalue weighted by atomic mass is 16.1. The van der Waals surface area contributed by atoms with E-state index in [0.717, 1.165) is 16.8 Å². The first kappa shape index (κ1) is 11.5. The molecule has 94 valence electrons. The molecule has 2 aromatic carbocycles. The molecule has 0 aliphatic heterocycles. The molecule has 3 rings (SSSR count). The number of H-pyrrole nitrogens is 1. The maximum Gasteiger partial charge on any atom is 0.257 e. The number of para-hydroxylation sites is 2. The summed E-state index contributed by atoms with van der Waals surface area (Å²) in [7, 11) is 0. The predicted octanol–water partition coefficient (Wildman–Crippen LogP) is 3.12. The summed E-state index contributed by atoms with van der Waals surface area (Å²) in [6, 6.07) is 13.2. The zero-order valence-corrected chi connectivity index (χ0v) is 10.5. The van der Waals surface area contributed by atoms with E-state index < -0.39 is 0 Å². The lowest BCUT2D eigenvalue weighted by Crippen LogP contribution is -2.13. The Labute approximate surface area is 110 Å². The number of benzene rings is 2. The molecule has 0 fully saturated rings. The summed E-state index contributed by atoms with van der Waals surface area (Å²) in [6.07, 6.45) is 1.59. The van der Waals surface area contributed by atoms with E-state index in [1.807, 2.05) is 43.3 Å². The predicted molar refractivity (Wildman–Crippen MR) is 75.2 cm³/mol. The minimum atomic E-state index is -0.146. The van der Waals surface area contributed by atoms with Gasteiger partial charge >= 0.3 is 0 Å². The smallest absolute Gasteiger partial charge is 0.257 e. The lowest BCUT2D eigenvalue weighted by Gasteiger charge is -2.08. The van der Waals surface area contributed by atoms with Crippen LogP contribution in [0.2, 0.25) is 0 Å². The number of amides is 1. The van der Waals surface area contributed by atoms with Crippen molar-refractivity contribution >= 4 is 22.6 Å². The number of hydrogen-bond acceptors (Lipinski definition) is 2. The minimum absolute atomic E-state index is 0.146. The summed E-state index contributed by atoms with van der Waals surface area (Å²) in [4.78, 5) is 19.5. The largest absolute Gasteiger partial charge is 0.345 e. The van der Waals surface area contributed by atoms with Gasteiger partial charge in [-0.15, -0.1) is 0 Å². The van der Waals surface area contributed by atoms with Gasteiger partial charge < -0.3 is 10.3 Å². The zero-order valence-electron chi connectivity index (χ0n) is 10.5. The van der Waals surface area contributed by atoms with E-state index in [-0.39, 0.29) is 5.91 Å². The molecule has 0 saturated carbocycles. The lowest BCUT2D eigenvalue weighted by atomic mass is 10.1. The van der Waals surface area contributed by atoms with Crippen LogP contribution in [0, 0.1) is 6.92 Å². The molecule has 1 heterocycles. The molecule has 4 nitrogen and oxygen atoms in total. The van der Waals surface area contributed by atoms with Crippen molar-refractivity contribution in [3.05, 3.63) is 59.9 Å². The van der Waals surface area contributed by atoms with E-state index in [9.17, 15) is 4.79 Å². The van der Waals surface area contributed by atoms with Crippen LogP contribution in [0.25, 0.3) is 11.0 Å². The fraction of sp³-hybridized carbons (Fsp3) is 0.0667. The van der Waals surface area contributed by atoms with Gasteiger partial charge in [-0.25, -0.2) is 4.98 Å². The Kier molecular flexibility index (Phi) is 2.76. The first-order valence-corrected chi connectivity index (χ1v) is 6.05. The minimum Gasteiger partial charge on any atom is -0.345 e. The van der Waals surface area contributed by atoms with Crippen LogP contribution in [0.4, 0.5) is 5.69 Å². The molecule has 2 N–H and O–H groups in total. The second-order valence-corrected chi connectivity index (χ2v) is 4.37. The first-order valence-electron chi connectivity index (χ1n) is 6.05. The van der Waals surface area contributed by atoms with Crippen molar-refractivity contribution in [2.75, 3.05) is 5.32 Å². The number of rotatable bonds is 2. The number of imidazole rings is 1. The van der Waals surface area contributed by atoms with Crippen molar-refractivity contribution in [1.29, 1.82) is 0 Å². The Balaban J connectivity index is 1.97. The van der Waals surface area contributed by atoms with Crippen LogP contribution in [0.15, 0.2) is 48.8 Å². The fourth-order valence-electron chi connectivity index (χ4n) is 2.05. The number of nitrogens with zero attached hydrogens (tertiary/aromatic N) is 1. The van der Waals surface area contributed by atoms with Crippen LogP contribution >= 0.6 is 0 Å².